The maximum Gasteiger partial charge on any atom is 0.387 e. The Hall–Kier alpha value is -3.29. The molecule has 0 bridgehead atoms. The second kappa shape index (κ2) is 11.8. The topological polar surface area (TPSA) is 57.2 Å². The number of carbonyl (C=O) groups excluding carboxylic acids is 1. The number of carbonyl (C=O) groups is 1. The zero-order valence-electron chi connectivity index (χ0n) is 18.1. The molecular formula is C23H27F2NO5. The Morgan fingerprint density at radius 1 is 1.03 bits per heavy atom. The van der Waals surface area contributed by atoms with Crippen molar-refractivity contribution in [1.82, 2.24) is 4.90 Å². The van der Waals surface area contributed by atoms with Gasteiger partial charge in [0.25, 0.3) is 0 Å². The Balaban J connectivity index is 2.06. The highest BCUT2D eigenvalue weighted by Gasteiger charge is 2.13. The van der Waals surface area contributed by atoms with Crippen LogP contribution < -0.4 is 18.9 Å². The van der Waals surface area contributed by atoms with Crippen LogP contribution in [0.25, 0.3) is 6.08 Å². The van der Waals surface area contributed by atoms with E-state index in [1.807, 2.05) is 13.0 Å². The Labute approximate surface area is 181 Å². The minimum absolute atomic E-state index is 0.0798. The van der Waals surface area contributed by atoms with E-state index in [9.17, 15) is 13.6 Å². The van der Waals surface area contributed by atoms with Crippen LogP contribution in [0.4, 0.5) is 8.78 Å². The summed E-state index contributed by atoms with van der Waals surface area (Å²) in [5.41, 5.74) is 1.40. The molecular weight excluding hydrogens is 408 g/mol. The van der Waals surface area contributed by atoms with Crippen molar-refractivity contribution in [2.75, 3.05) is 27.9 Å². The van der Waals surface area contributed by atoms with Crippen molar-refractivity contribution in [2.24, 2.45) is 0 Å². The van der Waals surface area contributed by atoms with Gasteiger partial charge in [0.1, 0.15) is 0 Å². The van der Waals surface area contributed by atoms with Gasteiger partial charge in [-0.1, -0.05) is 19.1 Å². The lowest BCUT2D eigenvalue weighted by Gasteiger charge is -2.17. The molecule has 2 rings (SSSR count). The normalized spacial score (nSPS) is 10.9. The highest BCUT2D eigenvalue weighted by atomic mass is 19.3. The van der Waals surface area contributed by atoms with Crippen LogP contribution in [0.5, 0.6) is 23.0 Å². The highest BCUT2D eigenvalue weighted by Crippen LogP contribution is 2.30. The minimum Gasteiger partial charge on any atom is -0.493 e. The number of halogens is 2. The summed E-state index contributed by atoms with van der Waals surface area (Å²) in [5, 5.41) is 0. The monoisotopic (exact) mass is 435 g/mol. The molecule has 0 heterocycles. The number of benzene rings is 2. The molecule has 2 aromatic carbocycles. The predicted molar refractivity (Wildman–Crippen MR) is 114 cm³/mol. The van der Waals surface area contributed by atoms with Crippen LogP contribution >= 0.6 is 0 Å². The lowest BCUT2D eigenvalue weighted by molar-refractivity contribution is -0.125. The van der Waals surface area contributed by atoms with Gasteiger partial charge < -0.3 is 23.8 Å². The standard InChI is InChI=1S/C23H27F2NO5/c1-5-12-30-19-10-6-16(13-20(19)29-4)8-11-22(27)26(2)15-17-7-9-18(28-3)21(14-17)31-23(24)25/h6-11,13-14,23H,5,12,15H2,1-4H3/b11-8+. The van der Waals surface area contributed by atoms with E-state index in [1.165, 1.54) is 30.2 Å². The number of rotatable bonds is 11. The lowest BCUT2D eigenvalue weighted by atomic mass is 10.1. The SMILES string of the molecule is CCCOc1ccc(/C=C/C(=O)N(C)Cc2ccc(OC)c(OC(F)F)c2)cc1OC. The molecule has 0 aliphatic carbocycles. The smallest absolute Gasteiger partial charge is 0.387 e. The third-order valence-corrected chi connectivity index (χ3v) is 4.31. The quantitative estimate of drug-likeness (QED) is 0.476. The van der Waals surface area contributed by atoms with Crippen LogP contribution in [0.3, 0.4) is 0 Å². The molecule has 0 aliphatic heterocycles. The van der Waals surface area contributed by atoms with Gasteiger partial charge in [-0.05, 0) is 47.9 Å². The van der Waals surface area contributed by atoms with Crippen molar-refractivity contribution in [3.05, 3.63) is 53.6 Å². The highest BCUT2D eigenvalue weighted by molar-refractivity contribution is 5.91. The average molecular weight is 435 g/mol. The Bertz CT molecular complexity index is 902. The summed E-state index contributed by atoms with van der Waals surface area (Å²) < 4.78 is 45.7. The molecule has 0 saturated carbocycles. The second-order valence-corrected chi connectivity index (χ2v) is 6.65. The van der Waals surface area contributed by atoms with Gasteiger partial charge in [-0.3, -0.25) is 4.79 Å². The van der Waals surface area contributed by atoms with Crippen molar-refractivity contribution in [3.8, 4) is 23.0 Å². The van der Waals surface area contributed by atoms with Gasteiger partial charge in [-0.25, -0.2) is 0 Å². The molecule has 6 nitrogen and oxygen atoms in total. The summed E-state index contributed by atoms with van der Waals surface area (Å²) >= 11 is 0. The lowest BCUT2D eigenvalue weighted by Crippen LogP contribution is -2.24. The molecule has 8 heteroatoms. The third kappa shape index (κ3) is 7.16. The number of hydrogen-bond donors (Lipinski definition) is 0. The second-order valence-electron chi connectivity index (χ2n) is 6.65. The van der Waals surface area contributed by atoms with Crippen molar-refractivity contribution in [3.63, 3.8) is 0 Å². The molecule has 0 spiro atoms. The van der Waals surface area contributed by atoms with E-state index in [0.29, 0.717) is 23.7 Å². The molecule has 31 heavy (non-hydrogen) atoms. The van der Waals surface area contributed by atoms with Crippen LogP contribution in [0.2, 0.25) is 0 Å². The van der Waals surface area contributed by atoms with E-state index in [0.717, 1.165) is 12.0 Å². The molecule has 0 atom stereocenters. The summed E-state index contributed by atoms with van der Waals surface area (Å²) in [6.45, 7) is -0.156. The van der Waals surface area contributed by atoms with Gasteiger partial charge in [0.15, 0.2) is 23.0 Å². The summed E-state index contributed by atoms with van der Waals surface area (Å²) in [4.78, 5) is 13.9. The molecule has 168 valence electrons. The van der Waals surface area contributed by atoms with E-state index in [2.05, 4.69) is 4.74 Å². The van der Waals surface area contributed by atoms with Crippen molar-refractivity contribution >= 4 is 12.0 Å². The van der Waals surface area contributed by atoms with Gasteiger partial charge in [-0.2, -0.15) is 8.78 Å². The molecule has 0 saturated heterocycles. The molecule has 2 aromatic rings. The van der Waals surface area contributed by atoms with Gasteiger partial charge in [0.05, 0.1) is 20.8 Å². The van der Waals surface area contributed by atoms with Crippen molar-refractivity contribution in [1.29, 1.82) is 0 Å². The van der Waals surface area contributed by atoms with Crippen LogP contribution in [0.15, 0.2) is 42.5 Å². The largest absolute Gasteiger partial charge is 0.493 e. The van der Waals surface area contributed by atoms with Crippen LogP contribution in [0.1, 0.15) is 24.5 Å². The molecule has 1 amide bonds. The van der Waals surface area contributed by atoms with E-state index in [4.69, 9.17) is 14.2 Å². The zero-order chi connectivity index (χ0) is 22.8. The molecule has 0 fully saturated rings. The number of alkyl halides is 2. The summed E-state index contributed by atoms with van der Waals surface area (Å²) in [7, 11) is 4.54. The van der Waals surface area contributed by atoms with Crippen LogP contribution in [-0.4, -0.2) is 45.3 Å². The fraction of sp³-hybridized carbons (Fsp3) is 0.348. The minimum atomic E-state index is -2.97. The van der Waals surface area contributed by atoms with E-state index < -0.39 is 6.61 Å². The molecule has 0 aliphatic rings. The van der Waals surface area contributed by atoms with Crippen molar-refractivity contribution < 1.29 is 32.5 Å². The van der Waals surface area contributed by atoms with Crippen molar-refractivity contribution in [2.45, 2.75) is 26.5 Å². The Morgan fingerprint density at radius 3 is 2.39 bits per heavy atom. The van der Waals surface area contributed by atoms with Crippen LogP contribution in [0, 0.1) is 0 Å². The predicted octanol–water partition coefficient (Wildman–Crippen LogP) is 4.77. The number of methoxy groups -OCH3 is 2. The third-order valence-electron chi connectivity index (χ3n) is 4.31. The summed E-state index contributed by atoms with van der Waals surface area (Å²) in [6, 6.07) is 10.0. The fourth-order valence-corrected chi connectivity index (χ4v) is 2.77. The Kier molecular flexibility index (Phi) is 9.12. The average Bonchev–Trinajstić information content (AvgIpc) is 2.75. The molecule has 0 aromatic heterocycles. The van der Waals surface area contributed by atoms with Crippen LogP contribution in [-0.2, 0) is 11.3 Å². The first-order valence-corrected chi connectivity index (χ1v) is 9.73. The molecule has 0 unspecified atom stereocenters. The van der Waals surface area contributed by atoms with E-state index in [1.54, 1.807) is 38.4 Å². The zero-order valence-corrected chi connectivity index (χ0v) is 18.1. The number of nitrogens with zero attached hydrogens (tertiary/aromatic N) is 1. The molecule has 0 radical (unpaired) electrons. The summed E-state index contributed by atoms with van der Waals surface area (Å²) in [6.07, 6.45) is 3.99. The first-order valence-electron chi connectivity index (χ1n) is 9.73. The van der Waals surface area contributed by atoms with E-state index in [-0.39, 0.29) is 24.0 Å². The number of likely N-dealkylation sites (N-methyl/N-ethyl adjacent to an activating group) is 1. The molecule has 0 N–H and O–H groups in total. The van der Waals surface area contributed by atoms with Gasteiger partial charge >= 0.3 is 6.61 Å². The maximum absolute atomic E-state index is 12.6. The first kappa shape index (κ1) is 24.0. The number of ether oxygens (including phenoxy) is 4. The Morgan fingerprint density at radius 2 is 1.74 bits per heavy atom. The maximum atomic E-state index is 12.6. The van der Waals surface area contributed by atoms with Gasteiger partial charge in [-0.15, -0.1) is 0 Å². The van der Waals surface area contributed by atoms with Gasteiger partial charge in [0.2, 0.25) is 5.91 Å². The number of hydrogen-bond acceptors (Lipinski definition) is 5. The number of amides is 1. The van der Waals surface area contributed by atoms with Gasteiger partial charge in [0, 0.05) is 19.7 Å². The summed E-state index contributed by atoms with van der Waals surface area (Å²) in [5.74, 6) is 1.09. The fourth-order valence-electron chi connectivity index (χ4n) is 2.77. The van der Waals surface area contributed by atoms with E-state index >= 15 is 0 Å². The first-order chi connectivity index (χ1) is 14.9.